The summed E-state index contributed by atoms with van der Waals surface area (Å²) >= 11 is 0. The minimum absolute atomic E-state index is 0.000955. The second-order valence-electron chi connectivity index (χ2n) is 6.71. The van der Waals surface area contributed by atoms with Gasteiger partial charge in [0.15, 0.2) is 0 Å². The standard InChI is InChI=1S/C19H26N4O4/c1-13-4-5-16(14(2)12-13)19(27)21-20-17(25)6-7-18(26)23-10-8-22(9-11-23)15(3)24/h4-5,12H,6-11H2,1-3H3,(H,20,25)(H,21,27). The predicted molar refractivity (Wildman–Crippen MR) is 99.6 cm³/mol. The fraction of sp³-hybridized carbons (Fsp3) is 0.474. The van der Waals surface area contributed by atoms with Gasteiger partial charge in [-0.1, -0.05) is 17.7 Å². The van der Waals surface area contributed by atoms with Crippen molar-refractivity contribution in [2.75, 3.05) is 26.2 Å². The van der Waals surface area contributed by atoms with Gasteiger partial charge >= 0.3 is 0 Å². The molecule has 0 saturated carbocycles. The Morgan fingerprint density at radius 1 is 0.926 bits per heavy atom. The summed E-state index contributed by atoms with van der Waals surface area (Å²) in [5.74, 6) is -0.952. The van der Waals surface area contributed by atoms with Gasteiger partial charge in [0.25, 0.3) is 5.91 Å². The highest BCUT2D eigenvalue weighted by Gasteiger charge is 2.22. The summed E-state index contributed by atoms with van der Waals surface area (Å²) < 4.78 is 0. The summed E-state index contributed by atoms with van der Waals surface area (Å²) in [6.07, 6.45) is 0.0459. The molecule has 0 aromatic heterocycles. The smallest absolute Gasteiger partial charge is 0.269 e. The van der Waals surface area contributed by atoms with Crippen LogP contribution in [0.4, 0.5) is 0 Å². The lowest BCUT2D eigenvalue weighted by atomic mass is 10.1. The van der Waals surface area contributed by atoms with Crippen LogP contribution in [0.15, 0.2) is 18.2 Å². The second kappa shape index (κ2) is 9.16. The average molecular weight is 374 g/mol. The Labute approximate surface area is 158 Å². The van der Waals surface area contributed by atoms with Gasteiger partial charge in [0.2, 0.25) is 17.7 Å². The molecule has 146 valence electrons. The number of benzene rings is 1. The lowest BCUT2D eigenvalue weighted by molar-refractivity contribution is -0.139. The molecule has 1 aliphatic rings. The molecule has 4 amide bonds. The number of carbonyl (C=O) groups excluding carboxylic acids is 4. The fourth-order valence-corrected chi connectivity index (χ4v) is 2.97. The molecule has 0 spiro atoms. The van der Waals surface area contributed by atoms with Crippen molar-refractivity contribution in [2.24, 2.45) is 0 Å². The number of hydrogen-bond donors (Lipinski definition) is 2. The second-order valence-corrected chi connectivity index (χ2v) is 6.71. The van der Waals surface area contributed by atoms with Crippen LogP contribution in [0.3, 0.4) is 0 Å². The molecule has 1 aromatic carbocycles. The molecule has 1 fully saturated rings. The summed E-state index contributed by atoms with van der Waals surface area (Å²) in [6, 6.07) is 5.42. The van der Waals surface area contributed by atoms with E-state index < -0.39 is 11.8 Å². The average Bonchev–Trinajstić information content (AvgIpc) is 2.64. The molecule has 0 unspecified atom stereocenters. The third-order valence-corrected chi connectivity index (χ3v) is 4.59. The van der Waals surface area contributed by atoms with E-state index in [0.29, 0.717) is 31.7 Å². The molecule has 0 atom stereocenters. The van der Waals surface area contributed by atoms with Gasteiger partial charge in [0.1, 0.15) is 0 Å². The van der Waals surface area contributed by atoms with Crippen molar-refractivity contribution in [3.8, 4) is 0 Å². The highest BCUT2D eigenvalue weighted by atomic mass is 16.2. The van der Waals surface area contributed by atoms with Crippen molar-refractivity contribution in [1.82, 2.24) is 20.7 Å². The molecule has 2 N–H and O–H groups in total. The minimum Gasteiger partial charge on any atom is -0.339 e. The zero-order valence-electron chi connectivity index (χ0n) is 16.0. The first-order chi connectivity index (χ1) is 12.8. The van der Waals surface area contributed by atoms with Gasteiger partial charge in [0, 0.05) is 51.5 Å². The van der Waals surface area contributed by atoms with Gasteiger partial charge in [-0.3, -0.25) is 30.0 Å². The number of aryl methyl sites for hydroxylation is 2. The van der Waals surface area contributed by atoms with E-state index in [1.54, 1.807) is 15.9 Å². The zero-order valence-corrected chi connectivity index (χ0v) is 16.0. The maximum atomic E-state index is 12.2. The van der Waals surface area contributed by atoms with E-state index in [1.165, 1.54) is 6.92 Å². The van der Waals surface area contributed by atoms with Crippen LogP contribution in [-0.4, -0.2) is 59.6 Å². The third kappa shape index (κ3) is 5.80. The molecule has 1 heterocycles. The molecule has 0 bridgehead atoms. The first kappa shape index (κ1) is 20.4. The largest absolute Gasteiger partial charge is 0.339 e. The van der Waals surface area contributed by atoms with E-state index in [2.05, 4.69) is 10.9 Å². The zero-order chi connectivity index (χ0) is 20.0. The maximum Gasteiger partial charge on any atom is 0.269 e. The number of piperazine rings is 1. The summed E-state index contributed by atoms with van der Waals surface area (Å²) in [7, 11) is 0. The molecule has 27 heavy (non-hydrogen) atoms. The van der Waals surface area contributed by atoms with Crippen LogP contribution in [-0.2, 0) is 14.4 Å². The number of hydrazine groups is 1. The number of hydrogen-bond acceptors (Lipinski definition) is 4. The summed E-state index contributed by atoms with van der Waals surface area (Å²) in [5.41, 5.74) is 7.07. The minimum atomic E-state index is -0.427. The normalized spacial score (nSPS) is 13.9. The Kier molecular flexibility index (Phi) is 6.92. The van der Waals surface area contributed by atoms with E-state index in [-0.39, 0.29) is 24.7 Å². The molecule has 0 aliphatic carbocycles. The van der Waals surface area contributed by atoms with Crippen molar-refractivity contribution in [3.63, 3.8) is 0 Å². The topological polar surface area (TPSA) is 98.8 Å². The SMILES string of the molecule is CC(=O)N1CCN(C(=O)CCC(=O)NNC(=O)c2ccc(C)cc2C)CC1. The van der Waals surface area contributed by atoms with Crippen molar-refractivity contribution in [1.29, 1.82) is 0 Å². The highest BCUT2D eigenvalue weighted by Crippen LogP contribution is 2.10. The maximum absolute atomic E-state index is 12.2. The Morgan fingerprint density at radius 3 is 2.15 bits per heavy atom. The molecule has 8 heteroatoms. The molecular formula is C19H26N4O4. The fourth-order valence-electron chi connectivity index (χ4n) is 2.97. The first-order valence-corrected chi connectivity index (χ1v) is 8.97. The molecule has 1 saturated heterocycles. The highest BCUT2D eigenvalue weighted by molar-refractivity contribution is 5.96. The summed E-state index contributed by atoms with van der Waals surface area (Å²) in [5, 5.41) is 0. The van der Waals surface area contributed by atoms with E-state index in [1.807, 2.05) is 26.0 Å². The van der Waals surface area contributed by atoms with Crippen LogP contribution in [0, 0.1) is 13.8 Å². The van der Waals surface area contributed by atoms with Gasteiger partial charge in [-0.2, -0.15) is 0 Å². The van der Waals surface area contributed by atoms with E-state index in [4.69, 9.17) is 0 Å². The monoisotopic (exact) mass is 374 g/mol. The van der Waals surface area contributed by atoms with Gasteiger partial charge in [-0.15, -0.1) is 0 Å². The van der Waals surface area contributed by atoms with Crippen LogP contribution in [0.2, 0.25) is 0 Å². The molecule has 2 rings (SSSR count). The van der Waals surface area contributed by atoms with Crippen LogP contribution in [0.5, 0.6) is 0 Å². The lowest BCUT2D eigenvalue weighted by Crippen LogP contribution is -2.50. The number of rotatable bonds is 4. The predicted octanol–water partition coefficient (Wildman–Crippen LogP) is 0.535. The Morgan fingerprint density at radius 2 is 1.56 bits per heavy atom. The van der Waals surface area contributed by atoms with Gasteiger partial charge in [0.05, 0.1) is 0 Å². The molecule has 1 aliphatic heterocycles. The molecule has 0 radical (unpaired) electrons. The quantitative estimate of drug-likeness (QED) is 0.751. The van der Waals surface area contributed by atoms with Crippen molar-refractivity contribution in [3.05, 3.63) is 34.9 Å². The lowest BCUT2D eigenvalue weighted by Gasteiger charge is -2.34. The molecule has 8 nitrogen and oxygen atoms in total. The van der Waals surface area contributed by atoms with E-state index in [9.17, 15) is 19.2 Å². The van der Waals surface area contributed by atoms with Crippen LogP contribution < -0.4 is 10.9 Å². The third-order valence-electron chi connectivity index (χ3n) is 4.59. The summed E-state index contributed by atoms with van der Waals surface area (Å²) in [6.45, 7) is 7.25. The Balaban J connectivity index is 1.72. The number of nitrogens with zero attached hydrogens (tertiary/aromatic N) is 2. The van der Waals surface area contributed by atoms with Crippen molar-refractivity contribution in [2.45, 2.75) is 33.6 Å². The Hall–Kier alpha value is -2.90. The summed E-state index contributed by atoms with van der Waals surface area (Å²) in [4.78, 5) is 50.8. The van der Waals surface area contributed by atoms with E-state index >= 15 is 0 Å². The Bertz CT molecular complexity index is 739. The number of nitrogens with one attached hydrogen (secondary N) is 2. The van der Waals surface area contributed by atoms with Gasteiger partial charge in [-0.05, 0) is 25.5 Å². The number of amides is 4. The van der Waals surface area contributed by atoms with Crippen LogP contribution in [0.25, 0.3) is 0 Å². The molecule has 1 aromatic rings. The van der Waals surface area contributed by atoms with E-state index in [0.717, 1.165) is 11.1 Å². The van der Waals surface area contributed by atoms with Crippen molar-refractivity contribution >= 4 is 23.6 Å². The van der Waals surface area contributed by atoms with Gasteiger partial charge in [-0.25, -0.2) is 0 Å². The molecular weight excluding hydrogens is 348 g/mol. The van der Waals surface area contributed by atoms with Crippen LogP contribution in [0.1, 0.15) is 41.3 Å². The van der Waals surface area contributed by atoms with Crippen LogP contribution >= 0.6 is 0 Å². The first-order valence-electron chi connectivity index (χ1n) is 8.97. The number of carbonyl (C=O) groups is 4. The van der Waals surface area contributed by atoms with Crippen molar-refractivity contribution < 1.29 is 19.2 Å². The van der Waals surface area contributed by atoms with Gasteiger partial charge < -0.3 is 9.80 Å².